The third kappa shape index (κ3) is 4.76. The normalized spacial score (nSPS) is 12.9. The van der Waals surface area contributed by atoms with E-state index in [1.165, 1.54) is 0 Å². The maximum Gasteiger partial charge on any atom is 0.563 e. The lowest BCUT2D eigenvalue weighted by Crippen LogP contribution is -2.68. The van der Waals surface area contributed by atoms with Gasteiger partial charge in [0.15, 0.2) is 0 Å². The molecule has 0 spiro atoms. The van der Waals surface area contributed by atoms with E-state index in [0.717, 1.165) is 0 Å². The SMILES string of the molecule is CCOC(CCN)(OCC)[Si](OCC)(OCC)OCC. The molecule has 20 heavy (non-hydrogen) atoms. The molecular weight excluding hydrogens is 278 g/mol. The quantitative estimate of drug-likeness (QED) is 0.412. The molecule has 0 saturated heterocycles. The smallest absolute Gasteiger partial charge is 0.371 e. The summed E-state index contributed by atoms with van der Waals surface area (Å²) in [4.78, 5) is 0. The molecule has 0 rings (SSSR count). The molecule has 7 heteroatoms. The van der Waals surface area contributed by atoms with E-state index >= 15 is 0 Å². The predicted octanol–water partition coefficient (Wildman–Crippen LogP) is 1.69. The fourth-order valence-electron chi connectivity index (χ4n) is 2.20. The van der Waals surface area contributed by atoms with Crippen molar-refractivity contribution < 1.29 is 22.8 Å². The molecule has 0 aliphatic carbocycles. The van der Waals surface area contributed by atoms with Crippen LogP contribution in [0, 0.1) is 0 Å². The Labute approximate surface area is 124 Å². The van der Waals surface area contributed by atoms with Crippen LogP contribution >= 0.6 is 0 Å². The molecule has 0 aliphatic rings. The van der Waals surface area contributed by atoms with Gasteiger partial charge in [-0.1, -0.05) is 0 Å². The summed E-state index contributed by atoms with van der Waals surface area (Å²) in [6, 6.07) is 0. The van der Waals surface area contributed by atoms with Crippen LogP contribution in [0.5, 0.6) is 0 Å². The van der Waals surface area contributed by atoms with E-state index in [0.29, 0.717) is 46.0 Å². The standard InChI is InChI=1S/C13H31NO5Si/c1-6-15-13(11-12-14,16-7-2)20(17-8-3,18-9-4)19-10-5/h6-12,14H2,1-5H3. The van der Waals surface area contributed by atoms with Crippen molar-refractivity contribution in [3.63, 3.8) is 0 Å². The summed E-state index contributed by atoms with van der Waals surface area (Å²) in [6.07, 6.45) is 0.473. The van der Waals surface area contributed by atoms with Crippen molar-refractivity contribution in [1.82, 2.24) is 0 Å². The second-order valence-electron chi connectivity index (χ2n) is 4.01. The van der Waals surface area contributed by atoms with Crippen molar-refractivity contribution in [3.05, 3.63) is 0 Å². The average Bonchev–Trinajstić information content (AvgIpc) is 2.40. The molecule has 0 atom stereocenters. The van der Waals surface area contributed by atoms with E-state index in [4.69, 9.17) is 28.5 Å². The van der Waals surface area contributed by atoms with Crippen LogP contribution in [-0.4, -0.2) is 53.8 Å². The first-order valence-electron chi connectivity index (χ1n) is 7.51. The van der Waals surface area contributed by atoms with Gasteiger partial charge in [-0.3, -0.25) is 0 Å². The van der Waals surface area contributed by atoms with Crippen molar-refractivity contribution in [3.8, 4) is 0 Å². The number of hydrogen-bond donors (Lipinski definition) is 1. The van der Waals surface area contributed by atoms with Crippen LogP contribution in [0.2, 0.25) is 0 Å². The molecule has 2 N–H and O–H groups in total. The van der Waals surface area contributed by atoms with Crippen LogP contribution < -0.4 is 5.73 Å². The Kier molecular flexibility index (Phi) is 10.7. The zero-order valence-corrected chi connectivity index (χ0v) is 14.6. The molecule has 0 heterocycles. The highest BCUT2D eigenvalue weighted by Gasteiger charge is 2.63. The summed E-state index contributed by atoms with van der Waals surface area (Å²) < 4.78 is 29.6. The van der Waals surface area contributed by atoms with Gasteiger partial charge in [0.05, 0.1) is 0 Å². The monoisotopic (exact) mass is 309 g/mol. The minimum Gasteiger partial charge on any atom is -0.371 e. The molecular formula is C13H31NO5Si. The van der Waals surface area contributed by atoms with Gasteiger partial charge >= 0.3 is 8.80 Å². The topological polar surface area (TPSA) is 72.2 Å². The number of ether oxygens (including phenoxy) is 2. The third-order valence-corrected chi connectivity index (χ3v) is 6.18. The molecule has 0 amide bonds. The summed E-state index contributed by atoms with van der Waals surface area (Å²) in [6.45, 7) is 12.3. The zero-order valence-electron chi connectivity index (χ0n) is 13.6. The molecule has 6 nitrogen and oxygen atoms in total. The van der Waals surface area contributed by atoms with Crippen molar-refractivity contribution in [1.29, 1.82) is 0 Å². The van der Waals surface area contributed by atoms with E-state index in [1.54, 1.807) is 0 Å². The van der Waals surface area contributed by atoms with Gasteiger partial charge in [-0.15, -0.1) is 0 Å². The van der Waals surface area contributed by atoms with E-state index in [9.17, 15) is 0 Å². The second-order valence-corrected chi connectivity index (χ2v) is 6.75. The number of nitrogens with two attached hydrogens (primary N) is 1. The minimum atomic E-state index is -3.16. The maximum absolute atomic E-state index is 5.92. The Bertz CT molecular complexity index is 185. The molecule has 0 aromatic heterocycles. The Hall–Kier alpha value is -0.0231. The maximum atomic E-state index is 5.92. The van der Waals surface area contributed by atoms with Gasteiger partial charge in [-0.25, -0.2) is 0 Å². The molecule has 0 radical (unpaired) electrons. The first kappa shape index (κ1) is 20.0. The van der Waals surface area contributed by atoms with E-state index in [1.807, 2.05) is 34.6 Å². The first-order valence-corrected chi connectivity index (χ1v) is 9.24. The number of rotatable bonds is 13. The van der Waals surface area contributed by atoms with E-state index in [-0.39, 0.29) is 0 Å². The van der Waals surface area contributed by atoms with Gasteiger partial charge in [0.2, 0.25) is 5.41 Å². The lowest BCUT2D eigenvalue weighted by atomic mass is 10.4. The van der Waals surface area contributed by atoms with E-state index in [2.05, 4.69) is 0 Å². The molecule has 0 bridgehead atoms. The van der Waals surface area contributed by atoms with Crippen LogP contribution in [0.25, 0.3) is 0 Å². The molecule has 122 valence electrons. The van der Waals surface area contributed by atoms with Crippen LogP contribution in [0.1, 0.15) is 41.0 Å². The zero-order chi connectivity index (χ0) is 15.5. The van der Waals surface area contributed by atoms with Crippen LogP contribution in [0.3, 0.4) is 0 Å². The molecule has 0 aromatic rings. The summed E-state index contributed by atoms with van der Waals surface area (Å²) in [5.74, 6) is 0. The lowest BCUT2D eigenvalue weighted by Gasteiger charge is -2.43. The van der Waals surface area contributed by atoms with Crippen molar-refractivity contribution in [2.75, 3.05) is 39.6 Å². The molecule has 0 fully saturated rings. The summed E-state index contributed by atoms with van der Waals surface area (Å²) in [7, 11) is -3.16. The van der Waals surface area contributed by atoms with Crippen molar-refractivity contribution >= 4 is 8.80 Å². The van der Waals surface area contributed by atoms with Crippen LogP contribution in [0.4, 0.5) is 0 Å². The van der Waals surface area contributed by atoms with Crippen molar-refractivity contribution in [2.24, 2.45) is 5.73 Å². The van der Waals surface area contributed by atoms with Gasteiger partial charge < -0.3 is 28.5 Å². The van der Waals surface area contributed by atoms with Gasteiger partial charge in [0.1, 0.15) is 0 Å². The Morgan fingerprint density at radius 2 is 1.15 bits per heavy atom. The van der Waals surface area contributed by atoms with E-state index < -0.39 is 14.2 Å². The summed E-state index contributed by atoms with van der Waals surface area (Å²) in [5.41, 5.74) is 4.72. The second kappa shape index (κ2) is 10.7. The molecule has 0 aromatic carbocycles. The van der Waals surface area contributed by atoms with Crippen LogP contribution in [0.15, 0.2) is 0 Å². The van der Waals surface area contributed by atoms with Gasteiger partial charge in [0, 0.05) is 39.5 Å². The fraction of sp³-hybridized carbons (Fsp3) is 1.00. The summed E-state index contributed by atoms with van der Waals surface area (Å²) in [5, 5.41) is 0. The minimum absolute atomic E-state index is 0.405. The highest BCUT2D eigenvalue weighted by atomic mass is 28.4. The molecule has 0 unspecified atom stereocenters. The Balaban J connectivity index is 5.62. The molecule has 0 aliphatic heterocycles. The third-order valence-electron chi connectivity index (χ3n) is 2.70. The van der Waals surface area contributed by atoms with Crippen molar-refractivity contribution in [2.45, 2.75) is 46.4 Å². The fourth-order valence-corrected chi connectivity index (χ4v) is 5.34. The lowest BCUT2D eigenvalue weighted by molar-refractivity contribution is -0.222. The highest BCUT2D eigenvalue weighted by Crippen LogP contribution is 2.33. The van der Waals surface area contributed by atoms with Gasteiger partial charge in [0.25, 0.3) is 0 Å². The van der Waals surface area contributed by atoms with Crippen LogP contribution in [-0.2, 0) is 22.8 Å². The Morgan fingerprint density at radius 3 is 1.40 bits per heavy atom. The van der Waals surface area contributed by atoms with Gasteiger partial charge in [-0.05, 0) is 41.2 Å². The highest BCUT2D eigenvalue weighted by molar-refractivity contribution is 6.63. The predicted molar refractivity (Wildman–Crippen MR) is 80.3 cm³/mol. The summed E-state index contributed by atoms with van der Waals surface area (Å²) >= 11 is 0. The Morgan fingerprint density at radius 1 is 0.750 bits per heavy atom. The first-order chi connectivity index (χ1) is 9.61. The number of hydrogen-bond acceptors (Lipinski definition) is 6. The largest absolute Gasteiger partial charge is 0.563 e. The molecule has 0 saturated carbocycles. The van der Waals surface area contributed by atoms with Gasteiger partial charge in [-0.2, -0.15) is 0 Å². The average molecular weight is 309 g/mol.